The highest BCUT2D eigenvalue weighted by Gasteiger charge is 2.18. The normalized spacial score (nSPS) is 11.9. The van der Waals surface area contributed by atoms with Crippen LogP contribution in [-0.2, 0) is 4.79 Å². The molecule has 1 atom stereocenters. The molecule has 1 aromatic carbocycles. The van der Waals surface area contributed by atoms with Crippen molar-refractivity contribution in [3.8, 4) is 5.75 Å². The number of hydrogen-bond acceptors (Lipinski definition) is 4. The summed E-state index contributed by atoms with van der Waals surface area (Å²) in [4.78, 5) is 21.6. The van der Waals surface area contributed by atoms with Crippen molar-refractivity contribution in [3.63, 3.8) is 0 Å². The van der Waals surface area contributed by atoms with Crippen molar-refractivity contribution in [2.75, 3.05) is 0 Å². The zero-order chi connectivity index (χ0) is 17.8. The third-order valence-electron chi connectivity index (χ3n) is 3.90. The number of hydrogen-bond donors (Lipinski definition) is 0. The summed E-state index contributed by atoms with van der Waals surface area (Å²) in [7, 11) is 0. The molecule has 0 aliphatic rings. The van der Waals surface area contributed by atoms with Gasteiger partial charge < -0.3 is 4.74 Å². The molecule has 1 aromatic rings. The molecule has 0 N–H and O–H groups in total. The van der Waals surface area contributed by atoms with Gasteiger partial charge in [-0.15, -0.1) is 0 Å². The molecule has 0 spiro atoms. The average molecular weight is 356 g/mol. The Kier molecular flexibility index (Phi) is 10.1. The van der Waals surface area contributed by atoms with Gasteiger partial charge in [-0.05, 0) is 36.6 Å². The lowest BCUT2D eigenvalue weighted by molar-refractivity contribution is -0.384. The van der Waals surface area contributed by atoms with Gasteiger partial charge in [0.15, 0.2) is 6.10 Å². The topological polar surface area (TPSA) is 69.4 Å². The lowest BCUT2D eigenvalue weighted by atomic mass is 10.1. The summed E-state index contributed by atoms with van der Waals surface area (Å²) in [5.41, 5.74) is -0.0147. The van der Waals surface area contributed by atoms with Crippen molar-refractivity contribution in [1.29, 1.82) is 0 Å². The van der Waals surface area contributed by atoms with Gasteiger partial charge in [0.05, 0.1) is 4.92 Å². The molecule has 1 unspecified atom stereocenters. The van der Waals surface area contributed by atoms with E-state index in [1.807, 2.05) is 0 Å². The van der Waals surface area contributed by atoms with Gasteiger partial charge in [-0.1, -0.05) is 51.9 Å². The molecule has 0 fully saturated rings. The minimum atomic E-state index is -0.701. The van der Waals surface area contributed by atoms with Gasteiger partial charge in [-0.3, -0.25) is 14.9 Å². The Labute approximate surface area is 148 Å². The van der Waals surface area contributed by atoms with Crippen molar-refractivity contribution in [2.45, 2.75) is 70.8 Å². The van der Waals surface area contributed by atoms with E-state index in [1.54, 1.807) is 0 Å². The lowest BCUT2D eigenvalue weighted by Gasteiger charge is -2.15. The van der Waals surface area contributed by atoms with Crippen molar-refractivity contribution < 1.29 is 14.5 Å². The molecule has 0 saturated heterocycles. The summed E-state index contributed by atoms with van der Waals surface area (Å²) in [6, 6.07) is 5.67. The first-order chi connectivity index (χ1) is 11.5. The Bertz CT molecular complexity index is 504. The summed E-state index contributed by atoms with van der Waals surface area (Å²) < 4.78 is 5.57. The molecule has 5 nitrogen and oxygen atoms in total. The summed E-state index contributed by atoms with van der Waals surface area (Å²) in [6.45, 7) is 2.20. The largest absolute Gasteiger partial charge is 0.481 e. The number of carbonyl (C=O) groups is 1. The fourth-order valence-corrected chi connectivity index (χ4v) is 2.65. The van der Waals surface area contributed by atoms with E-state index in [0.29, 0.717) is 12.2 Å². The smallest absolute Gasteiger partial charge is 0.269 e. The maximum Gasteiger partial charge on any atom is 0.269 e. The van der Waals surface area contributed by atoms with Crippen LogP contribution < -0.4 is 4.74 Å². The number of benzene rings is 1. The first kappa shape index (κ1) is 20.4. The number of nitro groups is 1. The summed E-state index contributed by atoms with van der Waals surface area (Å²) in [6.07, 6.45) is 9.29. The zero-order valence-electron chi connectivity index (χ0n) is 14.2. The van der Waals surface area contributed by atoms with Crippen LogP contribution in [0, 0.1) is 10.1 Å². The molecule has 1 rings (SSSR count). The van der Waals surface area contributed by atoms with E-state index in [0.717, 1.165) is 19.3 Å². The van der Waals surface area contributed by atoms with E-state index in [1.165, 1.54) is 56.4 Å². The average Bonchev–Trinajstić information content (AvgIpc) is 2.56. The second-order valence-corrected chi connectivity index (χ2v) is 6.30. The van der Waals surface area contributed by atoms with Crippen molar-refractivity contribution in [2.24, 2.45) is 0 Å². The third kappa shape index (κ3) is 8.29. The number of carbonyl (C=O) groups excluding carboxylic acids is 1. The zero-order valence-corrected chi connectivity index (χ0v) is 15.0. The second kappa shape index (κ2) is 11.8. The fourth-order valence-electron chi connectivity index (χ4n) is 2.49. The first-order valence-electron chi connectivity index (χ1n) is 8.65. The monoisotopic (exact) mass is 355 g/mol. The Morgan fingerprint density at radius 1 is 1.08 bits per heavy atom. The molecule has 0 aliphatic carbocycles. The van der Waals surface area contributed by atoms with Gasteiger partial charge in [0, 0.05) is 12.1 Å². The van der Waals surface area contributed by atoms with Crippen LogP contribution in [0.5, 0.6) is 5.75 Å². The number of halogens is 1. The molecule has 24 heavy (non-hydrogen) atoms. The molecule has 0 aromatic heterocycles. The van der Waals surface area contributed by atoms with Crippen LogP contribution in [0.2, 0.25) is 0 Å². The predicted molar refractivity (Wildman–Crippen MR) is 95.6 cm³/mol. The number of rotatable bonds is 13. The van der Waals surface area contributed by atoms with Crippen LogP contribution in [0.4, 0.5) is 5.69 Å². The molecule has 6 heteroatoms. The van der Waals surface area contributed by atoms with Crippen LogP contribution in [0.25, 0.3) is 0 Å². The minimum absolute atomic E-state index is 0.0147. The van der Waals surface area contributed by atoms with E-state index in [9.17, 15) is 14.9 Å². The number of nitrogens with zero attached hydrogens (tertiary/aromatic N) is 1. The van der Waals surface area contributed by atoms with Gasteiger partial charge in [-0.25, -0.2) is 0 Å². The molecule has 0 bridgehead atoms. The van der Waals surface area contributed by atoms with Gasteiger partial charge in [0.2, 0.25) is 0 Å². The summed E-state index contributed by atoms with van der Waals surface area (Å²) in [5, 5.41) is 10.1. The predicted octanol–water partition coefficient (Wildman–Crippen LogP) is 5.64. The van der Waals surface area contributed by atoms with Crippen LogP contribution in [-0.4, -0.2) is 16.3 Å². The SMILES string of the molecule is CCCCCCCCCCC(Oc1ccc([N+](=O)[O-])cc1)C(=O)Cl. The molecule has 134 valence electrons. The third-order valence-corrected chi connectivity index (χ3v) is 4.14. The molecular weight excluding hydrogens is 330 g/mol. The van der Waals surface area contributed by atoms with Crippen LogP contribution >= 0.6 is 11.6 Å². The van der Waals surface area contributed by atoms with Gasteiger partial charge >= 0.3 is 0 Å². The molecule has 0 heterocycles. The standard InChI is InChI=1S/C18H26ClNO4/c1-2-3-4-5-6-7-8-9-10-17(18(19)21)24-16-13-11-15(12-14-16)20(22)23/h11-14,17H,2-10H2,1H3. The number of ether oxygens (including phenoxy) is 1. The highest BCUT2D eigenvalue weighted by atomic mass is 35.5. The Hall–Kier alpha value is -1.62. The van der Waals surface area contributed by atoms with Crippen LogP contribution in [0.15, 0.2) is 24.3 Å². The maximum absolute atomic E-state index is 11.5. The highest BCUT2D eigenvalue weighted by molar-refractivity contribution is 6.64. The Balaban J connectivity index is 2.31. The highest BCUT2D eigenvalue weighted by Crippen LogP contribution is 2.21. The molecular formula is C18H26ClNO4. The molecule has 0 aliphatic heterocycles. The van der Waals surface area contributed by atoms with E-state index < -0.39 is 16.3 Å². The quantitative estimate of drug-likeness (QED) is 0.199. The maximum atomic E-state index is 11.5. The first-order valence-corrected chi connectivity index (χ1v) is 9.03. The lowest BCUT2D eigenvalue weighted by Crippen LogP contribution is -2.23. The summed E-state index contributed by atoms with van der Waals surface area (Å²) in [5.74, 6) is 0.416. The van der Waals surface area contributed by atoms with Gasteiger partial charge in [-0.2, -0.15) is 0 Å². The molecule has 0 radical (unpaired) electrons. The number of unbranched alkanes of at least 4 members (excludes halogenated alkanes) is 7. The van der Waals surface area contributed by atoms with Crippen molar-refractivity contribution in [3.05, 3.63) is 34.4 Å². The molecule has 0 amide bonds. The molecule has 0 saturated carbocycles. The van der Waals surface area contributed by atoms with E-state index in [4.69, 9.17) is 16.3 Å². The van der Waals surface area contributed by atoms with E-state index >= 15 is 0 Å². The Morgan fingerprint density at radius 3 is 2.12 bits per heavy atom. The number of non-ortho nitro benzene ring substituents is 1. The Morgan fingerprint density at radius 2 is 1.62 bits per heavy atom. The second-order valence-electron chi connectivity index (χ2n) is 5.93. The minimum Gasteiger partial charge on any atom is -0.481 e. The van der Waals surface area contributed by atoms with Gasteiger partial charge in [0.25, 0.3) is 10.9 Å². The van der Waals surface area contributed by atoms with Crippen LogP contribution in [0.3, 0.4) is 0 Å². The number of nitro benzene ring substituents is 1. The van der Waals surface area contributed by atoms with Crippen molar-refractivity contribution >= 4 is 22.5 Å². The van der Waals surface area contributed by atoms with E-state index in [2.05, 4.69) is 6.92 Å². The fraction of sp³-hybridized carbons (Fsp3) is 0.611. The summed E-state index contributed by atoms with van der Waals surface area (Å²) >= 11 is 5.60. The van der Waals surface area contributed by atoms with Crippen LogP contribution in [0.1, 0.15) is 64.7 Å². The van der Waals surface area contributed by atoms with Gasteiger partial charge in [0.1, 0.15) is 5.75 Å². The van der Waals surface area contributed by atoms with E-state index in [-0.39, 0.29) is 5.69 Å². The van der Waals surface area contributed by atoms with Crippen molar-refractivity contribution in [1.82, 2.24) is 0 Å².